The number of hydrogen-bond acceptors (Lipinski definition) is 2. The first-order chi connectivity index (χ1) is 10.2. The molecule has 2 aromatic carbocycles. The molecule has 4 nitrogen and oxygen atoms in total. The summed E-state index contributed by atoms with van der Waals surface area (Å²) < 4.78 is 0.952. The van der Waals surface area contributed by atoms with Crippen molar-refractivity contribution in [3.8, 4) is 0 Å². The number of nitrogens with one attached hydrogen (secondary N) is 2. The highest BCUT2D eigenvalue weighted by Crippen LogP contribution is 2.35. The second-order valence-corrected chi connectivity index (χ2v) is 5.83. The largest absolute Gasteiger partial charge is 0.321 e. The minimum atomic E-state index is -0.0761. The van der Waals surface area contributed by atoms with Gasteiger partial charge >= 0.3 is 0 Å². The average molecular weight is 340 g/mol. The number of H-pyrrole nitrogens is 1. The molecule has 0 atom stereocenters. The molecule has 0 radical (unpaired) electrons. The van der Waals surface area contributed by atoms with Crippen LogP contribution in [0.2, 0.25) is 0 Å². The van der Waals surface area contributed by atoms with Crippen LogP contribution < -0.4 is 5.32 Å². The molecule has 0 saturated carbocycles. The second kappa shape index (κ2) is 4.56. The normalized spacial score (nSPS) is 15.5. The first-order valence-corrected chi connectivity index (χ1v) is 7.26. The summed E-state index contributed by atoms with van der Waals surface area (Å²) in [5.41, 5.74) is 4.35. The van der Waals surface area contributed by atoms with Gasteiger partial charge < -0.3 is 5.32 Å². The maximum atomic E-state index is 12.1. The molecule has 1 amide bonds. The summed E-state index contributed by atoms with van der Waals surface area (Å²) >= 11 is 3.45. The van der Waals surface area contributed by atoms with Crippen LogP contribution in [0.25, 0.3) is 22.6 Å². The van der Waals surface area contributed by atoms with Crippen LogP contribution in [-0.2, 0) is 4.79 Å². The molecule has 5 heteroatoms. The van der Waals surface area contributed by atoms with Crippen LogP contribution in [-0.4, -0.2) is 16.1 Å². The fraction of sp³-hybridized carbons (Fsp3) is 0. The maximum absolute atomic E-state index is 12.1. The van der Waals surface area contributed by atoms with Gasteiger partial charge in [-0.05, 0) is 35.9 Å². The zero-order chi connectivity index (χ0) is 14.4. The summed E-state index contributed by atoms with van der Waals surface area (Å²) in [7, 11) is 0. The Kier molecular flexibility index (Phi) is 2.68. The van der Waals surface area contributed by atoms with Crippen LogP contribution in [0.1, 0.15) is 11.1 Å². The van der Waals surface area contributed by atoms with Crippen molar-refractivity contribution in [3.05, 3.63) is 58.2 Å². The van der Waals surface area contributed by atoms with E-state index in [0.29, 0.717) is 5.57 Å². The summed E-state index contributed by atoms with van der Waals surface area (Å²) in [4.78, 5) is 12.1. The van der Waals surface area contributed by atoms with Gasteiger partial charge in [0.25, 0.3) is 5.91 Å². The van der Waals surface area contributed by atoms with Gasteiger partial charge in [-0.1, -0.05) is 28.1 Å². The Bertz CT molecular complexity index is 911. The number of rotatable bonds is 1. The van der Waals surface area contributed by atoms with Gasteiger partial charge in [0.15, 0.2) is 0 Å². The molecule has 1 aliphatic rings. The Labute approximate surface area is 129 Å². The topological polar surface area (TPSA) is 57.8 Å². The van der Waals surface area contributed by atoms with E-state index in [-0.39, 0.29) is 5.91 Å². The molecule has 0 spiro atoms. The van der Waals surface area contributed by atoms with Crippen molar-refractivity contribution >= 4 is 50.1 Å². The van der Waals surface area contributed by atoms with Crippen LogP contribution in [0.3, 0.4) is 0 Å². The lowest BCUT2D eigenvalue weighted by molar-refractivity contribution is -0.110. The number of carbonyl (C=O) groups excluding carboxylic acids is 1. The van der Waals surface area contributed by atoms with Crippen LogP contribution in [0.4, 0.5) is 5.69 Å². The molecule has 0 fully saturated rings. The van der Waals surface area contributed by atoms with Crippen molar-refractivity contribution in [2.45, 2.75) is 0 Å². The summed E-state index contributed by atoms with van der Waals surface area (Å²) in [5, 5.41) is 10.9. The van der Waals surface area contributed by atoms with Crippen molar-refractivity contribution in [2.24, 2.45) is 0 Å². The minimum Gasteiger partial charge on any atom is -0.321 e. The van der Waals surface area contributed by atoms with Crippen LogP contribution in [0.5, 0.6) is 0 Å². The Hall–Kier alpha value is -2.40. The van der Waals surface area contributed by atoms with E-state index in [1.807, 2.05) is 42.5 Å². The standard InChI is InChI=1S/C16H10BrN3O/c17-11-3-4-14-12(7-11)13(16(21)19-14)5-9-1-2-10-8-18-20-15(10)6-9/h1-8H,(H,18,20)(H,19,21)/b13-5+. The Morgan fingerprint density at radius 3 is 2.95 bits per heavy atom. The number of fused-ring (bicyclic) bond motifs is 2. The molecule has 1 aromatic heterocycles. The van der Waals surface area contributed by atoms with Gasteiger partial charge in [-0.25, -0.2) is 0 Å². The highest BCUT2D eigenvalue weighted by Gasteiger charge is 2.24. The summed E-state index contributed by atoms with van der Waals surface area (Å²) in [6, 6.07) is 11.7. The fourth-order valence-corrected chi connectivity index (χ4v) is 2.88. The quantitative estimate of drug-likeness (QED) is 0.662. The molecular weight excluding hydrogens is 330 g/mol. The number of hydrogen-bond donors (Lipinski definition) is 2. The third kappa shape index (κ3) is 2.06. The molecule has 2 N–H and O–H groups in total. The molecule has 0 aliphatic carbocycles. The van der Waals surface area contributed by atoms with E-state index in [2.05, 4.69) is 31.4 Å². The van der Waals surface area contributed by atoms with E-state index >= 15 is 0 Å². The summed E-state index contributed by atoms with van der Waals surface area (Å²) in [6.07, 6.45) is 3.68. The number of benzene rings is 2. The van der Waals surface area contributed by atoms with Gasteiger partial charge in [0.2, 0.25) is 0 Å². The molecule has 102 valence electrons. The SMILES string of the molecule is O=C1Nc2ccc(Br)cc2/C1=C\c1ccc2cn[nH]c2c1. The van der Waals surface area contributed by atoms with Crippen LogP contribution in [0.15, 0.2) is 47.1 Å². The van der Waals surface area contributed by atoms with Gasteiger partial charge in [0, 0.05) is 26.7 Å². The molecular formula is C16H10BrN3O. The highest BCUT2D eigenvalue weighted by atomic mass is 79.9. The van der Waals surface area contributed by atoms with E-state index in [1.165, 1.54) is 0 Å². The number of carbonyl (C=O) groups is 1. The van der Waals surface area contributed by atoms with Crippen molar-refractivity contribution in [1.29, 1.82) is 0 Å². The Morgan fingerprint density at radius 2 is 2.05 bits per heavy atom. The van der Waals surface area contributed by atoms with E-state index in [0.717, 1.165) is 32.2 Å². The number of anilines is 1. The lowest BCUT2D eigenvalue weighted by atomic mass is 10.0. The molecule has 0 saturated heterocycles. The average Bonchev–Trinajstić information content (AvgIpc) is 3.04. The second-order valence-electron chi connectivity index (χ2n) is 4.92. The van der Waals surface area contributed by atoms with Gasteiger partial charge in [0.1, 0.15) is 0 Å². The molecule has 0 bridgehead atoms. The van der Waals surface area contributed by atoms with Gasteiger partial charge in [-0.15, -0.1) is 0 Å². The lowest BCUT2D eigenvalue weighted by Gasteiger charge is -2.00. The zero-order valence-electron chi connectivity index (χ0n) is 10.9. The van der Waals surface area contributed by atoms with E-state index in [1.54, 1.807) is 6.20 Å². The zero-order valence-corrected chi connectivity index (χ0v) is 12.4. The van der Waals surface area contributed by atoms with Gasteiger partial charge in [-0.3, -0.25) is 9.89 Å². The molecule has 21 heavy (non-hydrogen) atoms. The van der Waals surface area contributed by atoms with Crippen molar-refractivity contribution in [1.82, 2.24) is 10.2 Å². The molecule has 4 rings (SSSR count). The first-order valence-electron chi connectivity index (χ1n) is 6.47. The highest BCUT2D eigenvalue weighted by molar-refractivity contribution is 9.10. The van der Waals surface area contributed by atoms with Crippen molar-refractivity contribution < 1.29 is 4.79 Å². The number of nitrogens with zero attached hydrogens (tertiary/aromatic N) is 1. The predicted octanol–water partition coefficient (Wildman–Crippen LogP) is 3.82. The number of amides is 1. The van der Waals surface area contributed by atoms with Gasteiger partial charge in [-0.2, -0.15) is 5.10 Å². The van der Waals surface area contributed by atoms with Crippen molar-refractivity contribution in [2.75, 3.05) is 5.32 Å². The van der Waals surface area contributed by atoms with Crippen LogP contribution >= 0.6 is 15.9 Å². The maximum Gasteiger partial charge on any atom is 0.256 e. The first kappa shape index (κ1) is 12.3. The van der Waals surface area contributed by atoms with E-state index in [9.17, 15) is 4.79 Å². The number of halogens is 1. The lowest BCUT2D eigenvalue weighted by Crippen LogP contribution is -2.03. The fourth-order valence-electron chi connectivity index (χ4n) is 2.51. The monoisotopic (exact) mass is 339 g/mol. The summed E-state index contributed by atoms with van der Waals surface area (Å²) in [5.74, 6) is -0.0761. The van der Waals surface area contributed by atoms with E-state index < -0.39 is 0 Å². The molecule has 1 aliphatic heterocycles. The minimum absolute atomic E-state index is 0.0761. The Morgan fingerprint density at radius 1 is 1.14 bits per heavy atom. The molecule has 2 heterocycles. The molecule has 0 unspecified atom stereocenters. The predicted molar refractivity (Wildman–Crippen MR) is 86.7 cm³/mol. The number of aromatic amines is 1. The van der Waals surface area contributed by atoms with Crippen molar-refractivity contribution in [3.63, 3.8) is 0 Å². The number of aromatic nitrogens is 2. The third-order valence-corrected chi connectivity index (χ3v) is 4.03. The Balaban J connectivity index is 1.85. The van der Waals surface area contributed by atoms with Gasteiger partial charge in [0.05, 0.1) is 11.7 Å². The smallest absolute Gasteiger partial charge is 0.256 e. The third-order valence-electron chi connectivity index (χ3n) is 3.54. The van der Waals surface area contributed by atoms with Crippen LogP contribution in [0, 0.1) is 0 Å². The summed E-state index contributed by atoms with van der Waals surface area (Å²) in [6.45, 7) is 0. The van der Waals surface area contributed by atoms with E-state index in [4.69, 9.17) is 0 Å². The molecule has 3 aromatic rings.